The second kappa shape index (κ2) is 3.01. The summed E-state index contributed by atoms with van der Waals surface area (Å²) in [4.78, 5) is 13.6. The molecule has 2 fully saturated rings. The van der Waals surface area contributed by atoms with Crippen LogP contribution in [0.3, 0.4) is 0 Å². The minimum Gasteiger partial charge on any atom is -0.387 e. The molecule has 0 saturated carbocycles. The molecule has 0 aromatic rings. The van der Waals surface area contributed by atoms with E-state index in [0.29, 0.717) is 0 Å². The van der Waals surface area contributed by atoms with Crippen LogP contribution in [0.25, 0.3) is 0 Å². The molecule has 0 spiro atoms. The number of hydrogen-bond acceptors (Lipinski definition) is 2. The topological polar surface area (TPSA) is 32.3 Å². The quantitative estimate of drug-likeness (QED) is 0.586. The van der Waals surface area contributed by atoms with Crippen LogP contribution in [0.2, 0.25) is 0 Å². The summed E-state index contributed by atoms with van der Waals surface area (Å²) in [6.07, 6.45) is 2.03. The van der Waals surface area contributed by atoms with E-state index in [-0.39, 0.29) is 11.3 Å². The van der Waals surface area contributed by atoms with Crippen molar-refractivity contribution in [2.75, 3.05) is 20.1 Å². The maximum absolute atomic E-state index is 11.8. The molecule has 0 aliphatic carbocycles. The summed E-state index contributed by atoms with van der Waals surface area (Å²) < 4.78 is 0. The van der Waals surface area contributed by atoms with Crippen LogP contribution in [-0.4, -0.2) is 30.9 Å². The number of likely N-dealkylation sites (tertiary alicyclic amines) is 1. The van der Waals surface area contributed by atoms with E-state index in [2.05, 4.69) is 19.2 Å². The molecule has 2 heterocycles. The SMILES string of the molecule is CN1CC/C(=C2\NCCC2(C)C)C1=O. The molecule has 1 N–H and O–H groups in total. The summed E-state index contributed by atoms with van der Waals surface area (Å²) in [5, 5.41) is 3.37. The van der Waals surface area contributed by atoms with Crippen LogP contribution in [-0.2, 0) is 4.79 Å². The lowest BCUT2D eigenvalue weighted by Crippen LogP contribution is -2.23. The van der Waals surface area contributed by atoms with Crippen molar-refractivity contribution < 1.29 is 4.79 Å². The Bertz CT molecular complexity index is 304. The Morgan fingerprint density at radius 3 is 2.57 bits per heavy atom. The summed E-state index contributed by atoms with van der Waals surface area (Å²) in [6.45, 7) is 6.29. The van der Waals surface area contributed by atoms with Crippen LogP contribution < -0.4 is 5.32 Å². The van der Waals surface area contributed by atoms with Gasteiger partial charge in [0.2, 0.25) is 0 Å². The summed E-state index contributed by atoms with van der Waals surface area (Å²) in [5.41, 5.74) is 2.36. The minimum absolute atomic E-state index is 0.163. The number of carbonyl (C=O) groups excluding carboxylic acids is 1. The largest absolute Gasteiger partial charge is 0.387 e. The Morgan fingerprint density at radius 1 is 1.43 bits per heavy atom. The molecule has 2 rings (SSSR count). The van der Waals surface area contributed by atoms with Gasteiger partial charge in [-0.3, -0.25) is 4.79 Å². The molecule has 3 nitrogen and oxygen atoms in total. The first-order valence-electron chi connectivity index (χ1n) is 5.25. The van der Waals surface area contributed by atoms with E-state index in [1.54, 1.807) is 4.90 Å². The lowest BCUT2D eigenvalue weighted by molar-refractivity contribution is -0.123. The molecule has 0 unspecified atom stereocenters. The monoisotopic (exact) mass is 194 g/mol. The second-order valence-electron chi connectivity index (χ2n) is 4.89. The Kier molecular flexibility index (Phi) is 2.05. The lowest BCUT2D eigenvalue weighted by Gasteiger charge is -2.20. The molecule has 2 aliphatic heterocycles. The van der Waals surface area contributed by atoms with Gasteiger partial charge >= 0.3 is 0 Å². The third kappa shape index (κ3) is 1.31. The van der Waals surface area contributed by atoms with E-state index < -0.39 is 0 Å². The predicted octanol–water partition coefficient (Wildman–Crippen LogP) is 1.12. The van der Waals surface area contributed by atoms with E-state index >= 15 is 0 Å². The van der Waals surface area contributed by atoms with Crippen molar-refractivity contribution in [2.45, 2.75) is 26.7 Å². The number of hydrogen-bond donors (Lipinski definition) is 1. The van der Waals surface area contributed by atoms with Gasteiger partial charge in [-0.2, -0.15) is 0 Å². The maximum atomic E-state index is 11.8. The first kappa shape index (κ1) is 9.56. The van der Waals surface area contributed by atoms with Crippen LogP contribution in [0.5, 0.6) is 0 Å². The maximum Gasteiger partial charge on any atom is 0.251 e. The van der Waals surface area contributed by atoms with Gasteiger partial charge in [-0.05, 0) is 12.8 Å². The number of rotatable bonds is 0. The van der Waals surface area contributed by atoms with E-state index in [0.717, 1.165) is 31.5 Å². The zero-order valence-corrected chi connectivity index (χ0v) is 9.18. The fraction of sp³-hybridized carbons (Fsp3) is 0.727. The molecular weight excluding hydrogens is 176 g/mol. The molecule has 14 heavy (non-hydrogen) atoms. The van der Waals surface area contributed by atoms with Crippen molar-refractivity contribution in [3.8, 4) is 0 Å². The van der Waals surface area contributed by atoms with Crippen molar-refractivity contribution in [3.05, 3.63) is 11.3 Å². The lowest BCUT2D eigenvalue weighted by atomic mass is 9.86. The number of nitrogens with zero attached hydrogens (tertiary/aromatic N) is 1. The summed E-state index contributed by atoms with van der Waals surface area (Å²) >= 11 is 0. The highest BCUT2D eigenvalue weighted by Gasteiger charge is 2.36. The Labute approximate surface area is 85.2 Å². The molecule has 2 saturated heterocycles. The number of amides is 1. The van der Waals surface area contributed by atoms with Crippen molar-refractivity contribution in [3.63, 3.8) is 0 Å². The Morgan fingerprint density at radius 2 is 2.14 bits per heavy atom. The number of likely N-dealkylation sites (N-methyl/N-ethyl adjacent to an activating group) is 1. The average molecular weight is 194 g/mol. The summed E-state index contributed by atoms with van der Waals surface area (Å²) in [6, 6.07) is 0. The van der Waals surface area contributed by atoms with Gasteiger partial charge in [0.25, 0.3) is 5.91 Å². The smallest absolute Gasteiger partial charge is 0.251 e. The van der Waals surface area contributed by atoms with Gasteiger partial charge in [-0.1, -0.05) is 13.8 Å². The number of nitrogens with one attached hydrogen (secondary N) is 1. The van der Waals surface area contributed by atoms with Gasteiger partial charge in [0.15, 0.2) is 0 Å². The van der Waals surface area contributed by atoms with Crippen molar-refractivity contribution in [2.24, 2.45) is 5.41 Å². The number of carbonyl (C=O) groups is 1. The normalized spacial score (nSPS) is 31.1. The standard InChI is InChI=1S/C11H18N2O/c1-11(2)5-6-12-9(11)8-4-7-13(3)10(8)14/h12H,4-7H2,1-3H3/b9-8+. The minimum atomic E-state index is 0.163. The third-order valence-electron chi connectivity index (χ3n) is 3.33. The second-order valence-corrected chi connectivity index (χ2v) is 4.89. The van der Waals surface area contributed by atoms with Crippen LogP contribution in [0.1, 0.15) is 26.7 Å². The molecule has 0 aromatic heterocycles. The molecule has 1 amide bonds. The average Bonchev–Trinajstić information content (AvgIpc) is 2.59. The van der Waals surface area contributed by atoms with Gasteiger partial charge < -0.3 is 10.2 Å². The highest BCUT2D eigenvalue weighted by atomic mass is 16.2. The molecular formula is C11H18N2O. The fourth-order valence-electron chi connectivity index (χ4n) is 2.33. The van der Waals surface area contributed by atoms with Gasteiger partial charge in [-0.25, -0.2) is 0 Å². The summed E-state index contributed by atoms with van der Waals surface area (Å²) in [5.74, 6) is 0.211. The molecule has 3 heteroatoms. The van der Waals surface area contributed by atoms with E-state index in [9.17, 15) is 4.79 Å². The third-order valence-corrected chi connectivity index (χ3v) is 3.33. The highest BCUT2D eigenvalue weighted by Crippen LogP contribution is 2.37. The van der Waals surface area contributed by atoms with Gasteiger partial charge in [0.1, 0.15) is 0 Å². The fourth-order valence-corrected chi connectivity index (χ4v) is 2.33. The van der Waals surface area contributed by atoms with E-state index in [1.165, 1.54) is 5.70 Å². The Hall–Kier alpha value is -0.990. The predicted molar refractivity (Wildman–Crippen MR) is 55.7 cm³/mol. The van der Waals surface area contributed by atoms with E-state index in [1.807, 2.05) is 7.05 Å². The zero-order valence-electron chi connectivity index (χ0n) is 9.18. The van der Waals surface area contributed by atoms with Crippen LogP contribution in [0.4, 0.5) is 0 Å². The van der Waals surface area contributed by atoms with Crippen LogP contribution >= 0.6 is 0 Å². The number of allylic oxidation sites excluding steroid dienone is 1. The first-order valence-corrected chi connectivity index (χ1v) is 5.25. The van der Waals surface area contributed by atoms with Gasteiger partial charge in [-0.15, -0.1) is 0 Å². The first-order chi connectivity index (χ1) is 6.52. The molecule has 0 atom stereocenters. The molecule has 0 bridgehead atoms. The van der Waals surface area contributed by atoms with Crippen LogP contribution in [0, 0.1) is 5.41 Å². The molecule has 0 radical (unpaired) electrons. The van der Waals surface area contributed by atoms with E-state index in [4.69, 9.17) is 0 Å². The van der Waals surface area contributed by atoms with Gasteiger partial charge in [0, 0.05) is 36.8 Å². The molecule has 78 valence electrons. The van der Waals surface area contributed by atoms with Crippen molar-refractivity contribution in [1.29, 1.82) is 0 Å². The molecule has 0 aromatic carbocycles. The van der Waals surface area contributed by atoms with Gasteiger partial charge in [0.05, 0.1) is 0 Å². The highest BCUT2D eigenvalue weighted by molar-refractivity contribution is 5.96. The zero-order chi connectivity index (χ0) is 10.3. The molecule has 2 aliphatic rings. The van der Waals surface area contributed by atoms with Crippen molar-refractivity contribution >= 4 is 5.91 Å². The van der Waals surface area contributed by atoms with Crippen LogP contribution in [0.15, 0.2) is 11.3 Å². The Balaban J connectivity index is 2.36. The van der Waals surface area contributed by atoms with Crippen molar-refractivity contribution in [1.82, 2.24) is 10.2 Å². The summed E-state index contributed by atoms with van der Waals surface area (Å²) in [7, 11) is 1.87.